The topological polar surface area (TPSA) is 119 Å². The van der Waals surface area contributed by atoms with Crippen LogP contribution in [0.2, 0.25) is 0 Å². The van der Waals surface area contributed by atoms with Crippen molar-refractivity contribution in [3.05, 3.63) is 11.4 Å². The van der Waals surface area contributed by atoms with Gasteiger partial charge in [0.25, 0.3) is 0 Å². The number of methoxy groups -OCH3 is 1. The summed E-state index contributed by atoms with van der Waals surface area (Å²) in [6.45, 7) is 3.79. The first-order valence-electron chi connectivity index (χ1n) is 6.83. The smallest absolute Gasteiger partial charge is 0.244 e. The zero-order valence-electron chi connectivity index (χ0n) is 12.5. The molecule has 0 bridgehead atoms. The third-order valence-electron chi connectivity index (χ3n) is 2.86. The highest BCUT2D eigenvalue weighted by atomic mass is 32.2. The van der Waals surface area contributed by atoms with E-state index in [1.165, 1.54) is 0 Å². The van der Waals surface area contributed by atoms with Gasteiger partial charge in [-0.15, -0.1) is 0 Å². The van der Waals surface area contributed by atoms with Crippen molar-refractivity contribution in [3.8, 4) is 0 Å². The lowest BCUT2D eigenvalue weighted by Crippen LogP contribution is -2.26. The third kappa shape index (κ3) is 5.71. The summed E-state index contributed by atoms with van der Waals surface area (Å²) in [7, 11) is -1.96. The zero-order chi connectivity index (χ0) is 15.7. The minimum atomic E-state index is -3.58. The van der Waals surface area contributed by atoms with Gasteiger partial charge >= 0.3 is 0 Å². The Hall–Kier alpha value is -1.00. The number of hydrogen-bond acceptors (Lipinski definition) is 6. The molecule has 0 saturated heterocycles. The second-order valence-corrected chi connectivity index (χ2v) is 6.24. The summed E-state index contributed by atoms with van der Waals surface area (Å²) in [5.74, 6) is 0. The summed E-state index contributed by atoms with van der Waals surface area (Å²) in [4.78, 5) is 0.154. The van der Waals surface area contributed by atoms with E-state index in [1.807, 2.05) is 0 Å². The molecule has 0 fully saturated rings. The molecule has 1 aromatic heterocycles. The number of ether oxygens (including phenoxy) is 2. The average molecular weight is 320 g/mol. The number of hydrogen-bond donors (Lipinski definition) is 3. The Kier molecular flexibility index (Phi) is 7.83. The summed E-state index contributed by atoms with van der Waals surface area (Å²) < 4.78 is 37.1. The molecule has 8 nitrogen and oxygen atoms in total. The van der Waals surface area contributed by atoms with Crippen LogP contribution in [0.4, 0.5) is 0 Å². The molecule has 1 heterocycles. The summed E-state index contributed by atoms with van der Waals surface area (Å²) in [6.07, 6.45) is 1.47. The molecule has 0 amide bonds. The minimum Gasteiger partial charge on any atom is -0.382 e. The highest BCUT2D eigenvalue weighted by Gasteiger charge is 2.22. The van der Waals surface area contributed by atoms with Crippen LogP contribution in [0.1, 0.15) is 24.2 Å². The molecule has 0 aliphatic carbocycles. The van der Waals surface area contributed by atoms with Crippen molar-refractivity contribution in [1.82, 2.24) is 14.9 Å². The fourth-order valence-electron chi connectivity index (χ4n) is 1.82. The Morgan fingerprint density at radius 3 is 2.71 bits per heavy atom. The summed E-state index contributed by atoms with van der Waals surface area (Å²) in [5, 5.41) is 6.53. The van der Waals surface area contributed by atoms with Gasteiger partial charge < -0.3 is 15.2 Å². The van der Waals surface area contributed by atoms with Gasteiger partial charge in [0.15, 0.2) is 0 Å². The van der Waals surface area contributed by atoms with Crippen molar-refractivity contribution in [2.24, 2.45) is 5.73 Å². The van der Waals surface area contributed by atoms with Gasteiger partial charge in [-0.2, -0.15) is 5.10 Å². The molecule has 0 radical (unpaired) electrons. The number of aromatic nitrogens is 2. The van der Waals surface area contributed by atoms with Crippen LogP contribution in [0.15, 0.2) is 4.90 Å². The monoisotopic (exact) mass is 320 g/mol. The predicted molar refractivity (Wildman–Crippen MR) is 78.3 cm³/mol. The quantitative estimate of drug-likeness (QED) is 0.490. The number of sulfonamides is 1. The number of rotatable bonds is 11. The number of nitrogens with zero attached hydrogens (tertiary/aromatic N) is 1. The summed E-state index contributed by atoms with van der Waals surface area (Å²) >= 11 is 0. The van der Waals surface area contributed by atoms with E-state index in [0.29, 0.717) is 44.2 Å². The fraction of sp³-hybridized carbons (Fsp3) is 0.750. The summed E-state index contributed by atoms with van der Waals surface area (Å²) in [6, 6.07) is 0. The van der Waals surface area contributed by atoms with E-state index < -0.39 is 10.0 Å². The van der Waals surface area contributed by atoms with Gasteiger partial charge in [0, 0.05) is 26.8 Å². The third-order valence-corrected chi connectivity index (χ3v) is 4.53. The minimum absolute atomic E-state index is 0.0773. The van der Waals surface area contributed by atoms with Crippen molar-refractivity contribution in [3.63, 3.8) is 0 Å². The van der Waals surface area contributed by atoms with Crippen LogP contribution in [-0.2, 0) is 26.0 Å². The molecule has 9 heteroatoms. The molecule has 0 atom stereocenters. The standard InChI is InChI=1S/C12H24N4O4S/c1-10-12(11(9-13)16-15-10)21(17,18)14-5-3-4-6-20-8-7-19-2/h14H,3-9,13H2,1-2H3,(H,15,16). The second kappa shape index (κ2) is 9.11. The molecule has 4 N–H and O–H groups in total. The van der Waals surface area contributed by atoms with Crippen LogP contribution in [-0.4, -0.2) is 52.1 Å². The van der Waals surface area contributed by atoms with Crippen molar-refractivity contribution >= 4 is 10.0 Å². The lowest BCUT2D eigenvalue weighted by Gasteiger charge is -2.07. The van der Waals surface area contributed by atoms with Gasteiger partial charge in [0.1, 0.15) is 4.90 Å². The average Bonchev–Trinajstić information content (AvgIpc) is 2.83. The van der Waals surface area contributed by atoms with Crippen molar-refractivity contribution in [2.75, 3.05) is 33.5 Å². The molecule has 0 aliphatic heterocycles. The van der Waals surface area contributed by atoms with Gasteiger partial charge in [-0.3, -0.25) is 5.10 Å². The van der Waals surface area contributed by atoms with Crippen LogP contribution in [0.5, 0.6) is 0 Å². The molecule has 0 aromatic carbocycles. The highest BCUT2D eigenvalue weighted by Crippen LogP contribution is 2.16. The van der Waals surface area contributed by atoms with Gasteiger partial charge in [0.05, 0.1) is 24.6 Å². The van der Waals surface area contributed by atoms with Gasteiger partial charge in [-0.25, -0.2) is 13.1 Å². The molecule has 21 heavy (non-hydrogen) atoms. The number of nitrogens with two attached hydrogens (primary N) is 1. The van der Waals surface area contributed by atoms with Crippen LogP contribution in [0, 0.1) is 6.92 Å². The Balaban J connectivity index is 2.35. The lowest BCUT2D eigenvalue weighted by molar-refractivity contribution is 0.0689. The van der Waals surface area contributed by atoms with Gasteiger partial charge in [-0.1, -0.05) is 0 Å². The first-order valence-corrected chi connectivity index (χ1v) is 8.31. The van der Waals surface area contributed by atoms with E-state index in [-0.39, 0.29) is 11.4 Å². The van der Waals surface area contributed by atoms with E-state index in [4.69, 9.17) is 15.2 Å². The maximum atomic E-state index is 12.2. The Labute approximate surface area is 125 Å². The van der Waals surface area contributed by atoms with Crippen LogP contribution in [0.3, 0.4) is 0 Å². The molecule has 0 unspecified atom stereocenters. The lowest BCUT2D eigenvalue weighted by atomic mass is 10.3. The number of aryl methyl sites for hydroxylation is 1. The molecular weight excluding hydrogens is 296 g/mol. The molecule has 0 spiro atoms. The molecule has 1 aromatic rings. The Morgan fingerprint density at radius 1 is 1.29 bits per heavy atom. The number of nitrogens with one attached hydrogen (secondary N) is 2. The van der Waals surface area contributed by atoms with Crippen LogP contribution >= 0.6 is 0 Å². The summed E-state index contributed by atoms with van der Waals surface area (Å²) in [5.41, 5.74) is 6.33. The van der Waals surface area contributed by atoms with Gasteiger partial charge in [-0.05, 0) is 19.8 Å². The largest absolute Gasteiger partial charge is 0.382 e. The molecular formula is C12H24N4O4S. The first-order chi connectivity index (χ1) is 10.0. The first kappa shape index (κ1) is 18.1. The maximum Gasteiger partial charge on any atom is 0.244 e. The Morgan fingerprint density at radius 2 is 2.05 bits per heavy atom. The van der Waals surface area contributed by atoms with E-state index in [0.717, 1.165) is 6.42 Å². The van der Waals surface area contributed by atoms with E-state index in [2.05, 4.69) is 14.9 Å². The number of unbranched alkanes of at least 4 members (excludes halogenated alkanes) is 1. The second-order valence-electron chi connectivity index (χ2n) is 4.54. The fourth-order valence-corrected chi connectivity index (χ4v) is 3.26. The number of H-pyrrole nitrogens is 1. The molecule has 0 saturated carbocycles. The van der Waals surface area contributed by atoms with E-state index >= 15 is 0 Å². The Bertz CT molecular complexity index is 515. The zero-order valence-corrected chi connectivity index (χ0v) is 13.3. The van der Waals surface area contributed by atoms with Crippen molar-refractivity contribution < 1.29 is 17.9 Å². The molecule has 0 aliphatic rings. The SMILES string of the molecule is COCCOCCCCNS(=O)(=O)c1c(CN)n[nH]c1C. The predicted octanol–water partition coefficient (Wildman–Crippen LogP) is -0.102. The van der Waals surface area contributed by atoms with Crippen LogP contribution < -0.4 is 10.5 Å². The van der Waals surface area contributed by atoms with E-state index in [1.54, 1.807) is 14.0 Å². The maximum absolute atomic E-state index is 12.2. The molecule has 122 valence electrons. The van der Waals surface area contributed by atoms with Gasteiger partial charge in [0.2, 0.25) is 10.0 Å². The number of aromatic amines is 1. The van der Waals surface area contributed by atoms with Crippen molar-refractivity contribution in [1.29, 1.82) is 0 Å². The normalized spacial score (nSPS) is 12.0. The van der Waals surface area contributed by atoms with Crippen LogP contribution in [0.25, 0.3) is 0 Å². The van der Waals surface area contributed by atoms with E-state index in [9.17, 15) is 8.42 Å². The molecule has 1 rings (SSSR count). The van der Waals surface area contributed by atoms with Crippen molar-refractivity contribution in [2.45, 2.75) is 31.2 Å². The highest BCUT2D eigenvalue weighted by molar-refractivity contribution is 7.89.